The number of rotatable bonds is 3. The third-order valence-electron chi connectivity index (χ3n) is 3.40. The van der Waals surface area contributed by atoms with Gasteiger partial charge in [-0.3, -0.25) is 4.79 Å². The number of halogens is 1. The highest BCUT2D eigenvalue weighted by molar-refractivity contribution is 9.10. The van der Waals surface area contributed by atoms with Crippen LogP contribution >= 0.6 is 15.9 Å². The monoisotopic (exact) mass is 332 g/mol. The summed E-state index contributed by atoms with van der Waals surface area (Å²) in [6, 6.07) is 9.53. The summed E-state index contributed by atoms with van der Waals surface area (Å²) in [7, 11) is 1.64. The first-order valence-corrected chi connectivity index (χ1v) is 7.04. The molecule has 1 amide bonds. The second-order valence-corrected chi connectivity index (χ2v) is 5.39. The maximum atomic E-state index is 12.3. The van der Waals surface area contributed by atoms with Gasteiger partial charge in [0.15, 0.2) is 0 Å². The molecule has 102 valence electrons. The van der Waals surface area contributed by atoms with Crippen LogP contribution in [0.5, 0.6) is 5.75 Å². The van der Waals surface area contributed by atoms with Gasteiger partial charge >= 0.3 is 0 Å². The highest BCUT2D eigenvalue weighted by atomic mass is 79.9. The molecule has 5 heteroatoms. The molecular formula is C15H13BrN2O2. The van der Waals surface area contributed by atoms with Gasteiger partial charge in [-0.2, -0.15) is 0 Å². The summed E-state index contributed by atoms with van der Waals surface area (Å²) in [6.45, 7) is 1.18. The Labute approximate surface area is 125 Å². The van der Waals surface area contributed by atoms with E-state index in [2.05, 4.69) is 20.9 Å². The Morgan fingerprint density at radius 3 is 2.70 bits per heavy atom. The summed E-state index contributed by atoms with van der Waals surface area (Å²) in [5.41, 5.74) is 2.78. The zero-order valence-corrected chi connectivity index (χ0v) is 12.6. The lowest BCUT2D eigenvalue weighted by molar-refractivity contribution is 0.0766. The average Bonchev–Trinajstić information content (AvgIpc) is 2.79. The van der Waals surface area contributed by atoms with E-state index in [0.717, 1.165) is 27.0 Å². The lowest BCUT2D eigenvalue weighted by atomic mass is 10.2. The van der Waals surface area contributed by atoms with E-state index in [1.54, 1.807) is 19.4 Å². The smallest absolute Gasteiger partial charge is 0.254 e. The number of ether oxygens (including phenoxy) is 1. The number of carbonyl (C=O) groups excluding carboxylic acids is 1. The third-order valence-corrected chi connectivity index (χ3v) is 4.09. The molecule has 0 saturated carbocycles. The highest BCUT2D eigenvalue weighted by Gasteiger charge is 2.29. The summed E-state index contributed by atoms with van der Waals surface area (Å²) in [5.74, 6) is 0.871. The van der Waals surface area contributed by atoms with E-state index in [4.69, 9.17) is 4.74 Å². The Morgan fingerprint density at radius 2 is 2.05 bits per heavy atom. The van der Waals surface area contributed by atoms with Crippen molar-refractivity contribution in [3.8, 4) is 5.75 Å². The number of pyridine rings is 1. The molecule has 0 N–H and O–H groups in total. The van der Waals surface area contributed by atoms with Gasteiger partial charge in [0.05, 0.1) is 7.11 Å². The summed E-state index contributed by atoms with van der Waals surface area (Å²) in [6.07, 6.45) is 1.65. The molecule has 0 radical (unpaired) electrons. The minimum Gasteiger partial charge on any atom is -0.497 e. The molecule has 1 aromatic carbocycles. The third kappa shape index (κ3) is 2.29. The molecule has 0 spiro atoms. The maximum Gasteiger partial charge on any atom is 0.254 e. The molecule has 3 rings (SSSR count). The van der Waals surface area contributed by atoms with Gasteiger partial charge in [-0.1, -0.05) is 12.1 Å². The number of benzene rings is 1. The molecule has 1 aliphatic heterocycles. The van der Waals surface area contributed by atoms with E-state index in [9.17, 15) is 4.79 Å². The van der Waals surface area contributed by atoms with Crippen LogP contribution in [-0.2, 0) is 13.1 Å². The van der Waals surface area contributed by atoms with Crippen molar-refractivity contribution in [1.29, 1.82) is 0 Å². The van der Waals surface area contributed by atoms with Crippen molar-refractivity contribution in [2.75, 3.05) is 7.11 Å². The molecule has 1 aromatic heterocycles. The molecule has 2 heterocycles. The molecule has 0 fully saturated rings. The topological polar surface area (TPSA) is 42.4 Å². The van der Waals surface area contributed by atoms with Crippen molar-refractivity contribution in [1.82, 2.24) is 9.88 Å². The fourth-order valence-electron chi connectivity index (χ4n) is 2.33. The number of carbonyl (C=O) groups is 1. The number of aromatic nitrogens is 1. The van der Waals surface area contributed by atoms with Gasteiger partial charge in [0.1, 0.15) is 10.4 Å². The first-order valence-electron chi connectivity index (χ1n) is 6.24. The lowest BCUT2D eigenvalue weighted by Crippen LogP contribution is -2.23. The summed E-state index contributed by atoms with van der Waals surface area (Å²) < 4.78 is 5.88. The number of hydrogen-bond acceptors (Lipinski definition) is 3. The number of amides is 1. The van der Waals surface area contributed by atoms with Crippen molar-refractivity contribution in [3.63, 3.8) is 0 Å². The van der Waals surface area contributed by atoms with E-state index in [1.165, 1.54) is 0 Å². The summed E-state index contributed by atoms with van der Waals surface area (Å²) in [5, 5.41) is 0. The Hall–Kier alpha value is -1.88. The lowest BCUT2D eigenvalue weighted by Gasteiger charge is -2.15. The summed E-state index contributed by atoms with van der Waals surface area (Å²) >= 11 is 3.40. The normalized spacial score (nSPS) is 13.5. The zero-order chi connectivity index (χ0) is 14.1. The van der Waals surface area contributed by atoms with Gasteiger partial charge in [-0.25, -0.2) is 4.98 Å². The quantitative estimate of drug-likeness (QED) is 0.811. The van der Waals surface area contributed by atoms with E-state index in [1.807, 2.05) is 29.2 Å². The SMILES string of the molecule is COc1ccc(CN2Cc3c(ccnc3Br)C2=O)cc1. The minimum absolute atomic E-state index is 0.0546. The molecule has 0 atom stereocenters. The fourth-order valence-corrected chi connectivity index (χ4v) is 2.79. The number of fused-ring (bicyclic) bond motifs is 1. The largest absolute Gasteiger partial charge is 0.497 e. The van der Waals surface area contributed by atoms with E-state index in [-0.39, 0.29) is 5.91 Å². The first-order chi connectivity index (χ1) is 9.69. The van der Waals surface area contributed by atoms with Gasteiger partial charge in [0.2, 0.25) is 0 Å². The predicted octanol–water partition coefficient (Wildman–Crippen LogP) is 3.01. The fraction of sp³-hybridized carbons (Fsp3) is 0.200. The van der Waals surface area contributed by atoms with E-state index in [0.29, 0.717) is 13.1 Å². The predicted molar refractivity (Wildman–Crippen MR) is 78.5 cm³/mol. The Bertz CT molecular complexity index is 655. The number of nitrogens with zero attached hydrogens (tertiary/aromatic N) is 2. The Kier molecular flexibility index (Phi) is 3.44. The molecular weight excluding hydrogens is 320 g/mol. The molecule has 20 heavy (non-hydrogen) atoms. The standard InChI is InChI=1S/C15H13BrN2O2/c1-20-11-4-2-10(3-5-11)8-18-9-13-12(15(18)19)6-7-17-14(13)16/h2-7H,8-9H2,1H3. The van der Waals surface area contributed by atoms with Gasteiger partial charge in [-0.05, 0) is 39.7 Å². The highest BCUT2D eigenvalue weighted by Crippen LogP contribution is 2.29. The van der Waals surface area contributed by atoms with Crippen LogP contribution in [0.4, 0.5) is 0 Å². The Morgan fingerprint density at radius 1 is 1.30 bits per heavy atom. The van der Waals surface area contributed by atoms with Crippen molar-refractivity contribution in [2.45, 2.75) is 13.1 Å². The van der Waals surface area contributed by atoms with Gasteiger partial charge in [0, 0.05) is 30.4 Å². The molecule has 2 aromatic rings. The van der Waals surface area contributed by atoms with Crippen LogP contribution in [0, 0.1) is 0 Å². The van der Waals surface area contributed by atoms with Crippen LogP contribution in [0.3, 0.4) is 0 Å². The van der Waals surface area contributed by atoms with Crippen LogP contribution in [0.15, 0.2) is 41.1 Å². The van der Waals surface area contributed by atoms with Gasteiger partial charge < -0.3 is 9.64 Å². The first kappa shape index (κ1) is 13.1. The molecule has 0 aliphatic carbocycles. The second-order valence-electron chi connectivity index (χ2n) is 4.64. The van der Waals surface area contributed by atoms with Crippen LogP contribution in [0.1, 0.15) is 21.5 Å². The molecule has 0 unspecified atom stereocenters. The van der Waals surface area contributed by atoms with Gasteiger partial charge in [0.25, 0.3) is 5.91 Å². The van der Waals surface area contributed by atoms with Crippen LogP contribution in [0.25, 0.3) is 0 Å². The molecule has 4 nitrogen and oxygen atoms in total. The molecule has 0 saturated heterocycles. The van der Waals surface area contributed by atoms with Crippen molar-refractivity contribution in [3.05, 3.63) is 57.8 Å². The second kappa shape index (κ2) is 5.25. The van der Waals surface area contributed by atoms with Gasteiger partial charge in [-0.15, -0.1) is 0 Å². The Balaban J connectivity index is 1.80. The number of hydrogen-bond donors (Lipinski definition) is 0. The van der Waals surface area contributed by atoms with Crippen molar-refractivity contribution >= 4 is 21.8 Å². The maximum absolute atomic E-state index is 12.3. The summed E-state index contributed by atoms with van der Waals surface area (Å²) in [4.78, 5) is 18.3. The number of methoxy groups -OCH3 is 1. The van der Waals surface area contributed by atoms with E-state index < -0.39 is 0 Å². The van der Waals surface area contributed by atoms with E-state index >= 15 is 0 Å². The van der Waals surface area contributed by atoms with Crippen LogP contribution in [-0.4, -0.2) is 22.9 Å². The van der Waals surface area contributed by atoms with Crippen LogP contribution < -0.4 is 4.74 Å². The minimum atomic E-state index is 0.0546. The molecule has 0 bridgehead atoms. The average molecular weight is 333 g/mol. The molecule has 1 aliphatic rings. The van der Waals surface area contributed by atoms with Crippen molar-refractivity contribution in [2.24, 2.45) is 0 Å². The zero-order valence-electron chi connectivity index (χ0n) is 11.0. The van der Waals surface area contributed by atoms with Crippen molar-refractivity contribution < 1.29 is 9.53 Å². The van der Waals surface area contributed by atoms with Crippen LogP contribution in [0.2, 0.25) is 0 Å².